The smallest absolute Gasteiger partial charge is 0.120 e. The molecule has 2 aliphatic heterocycles. The highest BCUT2D eigenvalue weighted by Gasteiger charge is 2.36. The van der Waals surface area contributed by atoms with Crippen molar-refractivity contribution in [2.24, 2.45) is 5.84 Å². The number of fused-ring (bicyclic) bond motifs is 1. The minimum atomic E-state index is 0.0689. The summed E-state index contributed by atoms with van der Waals surface area (Å²) in [7, 11) is 0. The Morgan fingerprint density at radius 3 is 2.80 bits per heavy atom. The normalized spacial score (nSPS) is 21.6. The first-order valence-electron chi connectivity index (χ1n) is 8.79. The standard InChI is InChI=1S/C18H25ClN6/c1-13(24-8-5-9-25(24)20)14-10-15(19)16-11-21-12-22(16)17(14)23-7-4-6-18(23,2)3/h5,8,10-13H,4,6-7,9,20H2,1-3H3. The summed E-state index contributed by atoms with van der Waals surface area (Å²) in [4.78, 5) is 6.83. The molecule has 1 atom stereocenters. The lowest BCUT2D eigenvalue weighted by Gasteiger charge is -2.38. The van der Waals surface area contributed by atoms with Gasteiger partial charge in [0, 0.05) is 23.8 Å². The molecular weight excluding hydrogens is 336 g/mol. The second kappa shape index (κ2) is 5.90. The molecule has 0 bridgehead atoms. The second-order valence-corrected chi connectivity index (χ2v) is 7.96. The number of hydrazine groups is 2. The summed E-state index contributed by atoms with van der Waals surface area (Å²) in [6.07, 6.45) is 10.1. The van der Waals surface area contributed by atoms with Gasteiger partial charge in [0.05, 0.1) is 29.3 Å². The molecule has 1 saturated heterocycles. The Bertz CT molecular complexity index is 826. The van der Waals surface area contributed by atoms with Crippen molar-refractivity contribution < 1.29 is 0 Å². The van der Waals surface area contributed by atoms with E-state index in [0.717, 1.165) is 24.2 Å². The van der Waals surface area contributed by atoms with Crippen molar-refractivity contribution in [1.29, 1.82) is 0 Å². The zero-order chi connectivity index (χ0) is 17.8. The maximum Gasteiger partial charge on any atom is 0.120 e. The van der Waals surface area contributed by atoms with Crippen LogP contribution in [0, 0.1) is 0 Å². The van der Waals surface area contributed by atoms with E-state index in [9.17, 15) is 0 Å². The average Bonchev–Trinajstić information content (AvgIpc) is 3.27. The van der Waals surface area contributed by atoms with Crippen LogP contribution in [0.25, 0.3) is 5.52 Å². The van der Waals surface area contributed by atoms with Crippen LogP contribution < -0.4 is 10.7 Å². The molecular formula is C18H25ClN6. The summed E-state index contributed by atoms with van der Waals surface area (Å²) in [6.45, 7) is 8.52. The van der Waals surface area contributed by atoms with Gasteiger partial charge >= 0.3 is 0 Å². The average molecular weight is 361 g/mol. The SMILES string of the molecule is CC(c1cc(Cl)c2cncn2c1N1CCCC1(C)C)N1C=CCN1N. The van der Waals surface area contributed by atoms with E-state index in [0.29, 0.717) is 5.02 Å². The molecule has 2 aromatic heterocycles. The van der Waals surface area contributed by atoms with Gasteiger partial charge in [-0.3, -0.25) is 15.3 Å². The van der Waals surface area contributed by atoms with Crippen molar-refractivity contribution in [3.8, 4) is 0 Å². The van der Waals surface area contributed by atoms with Gasteiger partial charge in [0.25, 0.3) is 0 Å². The highest BCUT2D eigenvalue weighted by atomic mass is 35.5. The minimum absolute atomic E-state index is 0.0689. The summed E-state index contributed by atoms with van der Waals surface area (Å²) in [5, 5.41) is 4.50. The van der Waals surface area contributed by atoms with Crippen LogP contribution in [0.1, 0.15) is 45.2 Å². The third kappa shape index (κ3) is 2.60. The highest BCUT2D eigenvalue weighted by Crippen LogP contribution is 2.41. The van der Waals surface area contributed by atoms with E-state index in [1.807, 2.05) is 18.7 Å². The lowest BCUT2D eigenvalue weighted by atomic mass is 10.0. The van der Waals surface area contributed by atoms with Crippen LogP contribution in [0.15, 0.2) is 30.9 Å². The first-order chi connectivity index (χ1) is 11.9. The number of nitrogens with zero attached hydrogens (tertiary/aromatic N) is 5. The molecule has 25 heavy (non-hydrogen) atoms. The van der Waals surface area contributed by atoms with Crippen LogP contribution in [0.3, 0.4) is 0 Å². The molecule has 0 amide bonds. The van der Waals surface area contributed by atoms with Crippen LogP contribution >= 0.6 is 11.6 Å². The molecule has 4 rings (SSSR count). The van der Waals surface area contributed by atoms with Crippen molar-refractivity contribution in [3.63, 3.8) is 0 Å². The third-order valence-electron chi connectivity index (χ3n) is 5.50. The number of aromatic nitrogens is 2. The molecule has 2 aromatic rings. The number of pyridine rings is 1. The number of anilines is 1. The van der Waals surface area contributed by atoms with Gasteiger partial charge in [0.15, 0.2) is 0 Å². The zero-order valence-electron chi connectivity index (χ0n) is 15.0. The predicted octanol–water partition coefficient (Wildman–Crippen LogP) is 3.35. The quantitative estimate of drug-likeness (QED) is 0.851. The Balaban J connectivity index is 1.91. The van der Waals surface area contributed by atoms with Crippen LogP contribution in [-0.2, 0) is 0 Å². The van der Waals surface area contributed by atoms with Crippen LogP contribution in [-0.4, -0.2) is 38.1 Å². The zero-order valence-corrected chi connectivity index (χ0v) is 15.7. The Morgan fingerprint density at radius 2 is 2.16 bits per heavy atom. The van der Waals surface area contributed by atoms with Gasteiger partial charge in [-0.05, 0) is 45.8 Å². The van der Waals surface area contributed by atoms with E-state index in [4.69, 9.17) is 17.4 Å². The molecule has 4 heterocycles. The number of rotatable bonds is 3. The molecule has 2 N–H and O–H groups in total. The van der Waals surface area contributed by atoms with E-state index in [1.165, 1.54) is 18.7 Å². The Kier molecular flexibility index (Phi) is 3.94. The summed E-state index contributed by atoms with van der Waals surface area (Å²) in [5.41, 5.74) is 2.20. The maximum atomic E-state index is 6.58. The molecule has 1 fully saturated rings. The molecule has 0 radical (unpaired) electrons. The van der Waals surface area contributed by atoms with Gasteiger partial charge in [0.1, 0.15) is 12.1 Å². The van der Waals surface area contributed by atoms with Gasteiger partial charge in [-0.15, -0.1) is 0 Å². The number of hydrogen-bond donors (Lipinski definition) is 1. The van der Waals surface area contributed by atoms with Gasteiger partial charge in [0.2, 0.25) is 0 Å². The first-order valence-corrected chi connectivity index (χ1v) is 9.17. The van der Waals surface area contributed by atoms with Crippen LogP contribution in [0.5, 0.6) is 0 Å². The fourth-order valence-corrected chi connectivity index (χ4v) is 4.34. The van der Waals surface area contributed by atoms with Crippen molar-refractivity contribution in [1.82, 2.24) is 19.5 Å². The van der Waals surface area contributed by atoms with Crippen LogP contribution in [0.2, 0.25) is 5.02 Å². The first kappa shape index (κ1) is 16.7. The third-order valence-corrected chi connectivity index (χ3v) is 5.81. The maximum absolute atomic E-state index is 6.58. The molecule has 6 nitrogen and oxygen atoms in total. The highest BCUT2D eigenvalue weighted by molar-refractivity contribution is 6.34. The van der Waals surface area contributed by atoms with E-state index in [-0.39, 0.29) is 11.6 Å². The second-order valence-electron chi connectivity index (χ2n) is 7.55. The fourth-order valence-electron chi connectivity index (χ4n) is 4.09. The van der Waals surface area contributed by atoms with Crippen molar-refractivity contribution in [2.75, 3.05) is 18.0 Å². The molecule has 0 saturated carbocycles. The topological polar surface area (TPSA) is 53.0 Å². The van der Waals surface area contributed by atoms with Crippen LogP contribution in [0.4, 0.5) is 5.82 Å². The van der Waals surface area contributed by atoms with Gasteiger partial charge < -0.3 is 4.90 Å². The lowest BCUT2D eigenvalue weighted by molar-refractivity contribution is 0.0158. The monoisotopic (exact) mass is 360 g/mol. The fraction of sp³-hybridized carbons (Fsp3) is 0.500. The molecule has 134 valence electrons. The summed E-state index contributed by atoms with van der Waals surface area (Å²) in [6, 6.07) is 2.15. The minimum Gasteiger partial charge on any atom is -0.352 e. The molecule has 7 heteroatoms. The molecule has 2 aliphatic rings. The van der Waals surface area contributed by atoms with Crippen molar-refractivity contribution >= 4 is 22.9 Å². The summed E-state index contributed by atoms with van der Waals surface area (Å²) < 4.78 is 2.13. The van der Waals surface area contributed by atoms with E-state index in [1.54, 1.807) is 5.12 Å². The van der Waals surface area contributed by atoms with E-state index >= 15 is 0 Å². The van der Waals surface area contributed by atoms with Crippen molar-refractivity contribution in [3.05, 3.63) is 41.5 Å². The summed E-state index contributed by atoms with van der Waals surface area (Å²) >= 11 is 6.58. The largest absolute Gasteiger partial charge is 0.352 e. The molecule has 0 aromatic carbocycles. The van der Waals surface area contributed by atoms with Gasteiger partial charge in [-0.1, -0.05) is 11.6 Å². The molecule has 1 unspecified atom stereocenters. The summed E-state index contributed by atoms with van der Waals surface area (Å²) in [5.74, 6) is 7.30. The van der Waals surface area contributed by atoms with E-state index < -0.39 is 0 Å². The van der Waals surface area contributed by atoms with Gasteiger partial charge in [-0.25, -0.2) is 4.98 Å². The Labute approximate surface area is 153 Å². The Morgan fingerprint density at radius 1 is 1.36 bits per heavy atom. The number of hydrogen-bond acceptors (Lipinski definition) is 5. The molecule has 0 spiro atoms. The molecule has 0 aliphatic carbocycles. The predicted molar refractivity (Wildman–Crippen MR) is 101 cm³/mol. The number of nitrogens with two attached hydrogens (primary N) is 1. The van der Waals surface area contributed by atoms with Crippen molar-refractivity contribution in [2.45, 2.75) is 45.2 Å². The van der Waals surface area contributed by atoms with Gasteiger partial charge in [-0.2, -0.15) is 5.12 Å². The number of halogens is 1. The number of imidazole rings is 1. The van der Waals surface area contributed by atoms with E-state index in [2.05, 4.69) is 52.2 Å². The lowest BCUT2D eigenvalue weighted by Crippen LogP contribution is -2.44. The Hall–Kier alpha value is -1.76.